The molecule has 0 aliphatic rings. The fraction of sp³-hybridized carbons (Fsp3) is 1.00. The molecule has 0 heterocycles. The second kappa shape index (κ2) is 22.9. The van der Waals surface area contributed by atoms with Gasteiger partial charge in [0.1, 0.15) is 0 Å². The third-order valence-corrected chi connectivity index (χ3v) is 5.42. The lowest BCUT2D eigenvalue weighted by Crippen LogP contribution is -2.31. The summed E-state index contributed by atoms with van der Waals surface area (Å²) in [5.74, 6) is 0. The van der Waals surface area contributed by atoms with Crippen molar-refractivity contribution in [1.82, 2.24) is 5.32 Å². The van der Waals surface area contributed by atoms with Gasteiger partial charge in [0.25, 0.3) is 0 Å². The van der Waals surface area contributed by atoms with Gasteiger partial charge in [-0.1, -0.05) is 103 Å². The minimum absolute atomic E-state index is 0.205. The van der Waals surface area contributed by atoms with Crippen LogP contribution >= 0.6 is 0 Å². The van der Waals surface area contributed by atoms with Crippen LogP contribution in [0.4, 0.5) is 0 Å². The van der Waals surface area contributed by atoms with E-state index >= 15 is 0 Å². The van der Waals surface area contributed by atoms with Gasteiger partial charge >= 0.3 is 0 Å². The molecule has 158 valence electrons. The summed E-state index contributed by atoms with van der Waals surface area (Å²) in [6.07, 6.45) is 23.9. The van der Waals surface area contributed by atoms with E-state index in [1.165, 1.54) is 103 Å². The number of aliphatic hydroxyl groups excluding tert-OH is 2. The van der Waals surface area contributed by atoms with E-state index in [0.717, 1.165) is 19.4 Å². The molecular weight excluding hydrogens is 322 g/mol. The zero-order valence-electron chi connectivity index (χ0n) is 17.8. The van der Waals surface area contributed by atoms with Crippen molar-refractivity contribution in [1.29, 1.82) is 0 Å². The van der Waals surface area contributed by atoms with Crippen LogP contribution in [0.3, 0.4) is 0 Å². The summed E-state index contributed by atoms with van der Waals surface area (Å²) < 4.78 is 0. The minimum atomic E-state index is 0.205. The Balaban J connectivity index is 3.13. The number of unbranched alkanes of at least 4 members (excludes halogenated alkanes) is 15. The van der Waals surface area contributed by atoms with E-state index in [4.69, 9.17) is 10.2 Å². The molecule has 0 amide bonds. The first-order chi connectivity index (χ1) is 12.8. The van der Waals surface area contributed by atoms with Crippen LogP contribution in [0.1, 0.15) is 122 Å². The van der Waals surface area contributed by atoms with Crippen molar-refractivity contribution in [2.75, 3.05) is 19.8 Å². The van der Waals surface area contributed by atoms with Gasteiger partial charge in [0.05, 0.1) is 0 Å². The molecule has 3 N–H and O–H groups in total. The molecule has 0 rings (SSSR count). The Bertz CT molecular complexity index is 242. The van der Waals surface area contributed by atoms with E-state index in [-0.39, 0.29) is 19.3 Å². The lowest BCUT2D eigenvalue weighted by atomic mass is 10.0. The van der Waals surface area contributed by atoms with Crippen molar-refractivity contribution in [3.63, 3.8) is 0 Å². The maximum absolute atomic E-state index is 8.99. The Kier molecular flexibility index (Phi) is 22.8. The molecule has 0 aromatic heterocycles. The van der Waals surface area contributed by atoms with Crippen LogP contribution in [0.15, 0.2) is 0 Å². The highest BCUT2D eigenvalue weighted by molar-refractivity contribution is 4.65. The molecule has 0 atom stereocenters. The zero-order chi connectivity index (χ0) is 19.1. The summed E-state index contributed by atoms with van der Waals surface area (Å²) in [5.41, 5.74) is 0. The first-order valence-electron chi connectivity index (χ1n) is 11.8. The van der Waals surface area contributed by atoms with E-state index in [2.05, 4.69) is 12.2 Å². The summed E-state index contributed by atoms with van der Waals surface area (Å²) in [7, 11) is 0. The predicted octanol–water partition coefficient (Wildman–Crippen LogP) is 5.97. The Hall–Kier alpha value is -0.120. The summed E-state index contributed by atoms with van der Waals surface area (Å²) in [6, 6.07) is 0.279. The maximum Gasteiger partial charge on any atom is 0.0445 e. The molecule has 3 heteroatoms. The van der Waals surface area contributed by atoms with Crippen LogP contribution in [-0.4, -0.2) is 36.0 Å². The van der Waals surface area contributed by atoms with Crippen LogP contribution in [0.5, 0.6) is 0 Å². The summed E-state index contributed by atoms with van der Waals surface area (Å²) in [6.45, 7) is 3.71. The normalized spacial score (nSPS) is 11.5. The van der Waals surface area contributed by atoms with Gasteiger partial charge in [-0.05, 0) is 25.8 Å². The molecule has 26 heavy (non-hydrogen) atoms. The summed E-state index contributed by atoms with van der Waals surface area (Å²) in [4.78, 5) is 0. The van der Waals surface area contributed by atoms with Crippen molar-refractivity contribution < 1.29 is 10.2 Å². The Morgan fingerprint density at radius 3 is 1.23 bits per heavy atom. The molecule has 0 aromatic carbocycles. The summed E-state index contributed by atoms with van der Waals surface area (Å²) in [5, 5.41) is 21.4. The lowest BCUT2D eigenvalue weighted by Gasteiger charge is -2.16. The molecule has 3 nitrogen and oxygen atoms in total. The minimum Gasteiger partial charge on any atom is -0.396 e. The number of aliphatic hydroxyl groups is 2. The van der Waals surface area contributed by atoms with Crippen molar-refractivity contribution >= 4 is 0 Å². The Morgan fingerprint density at radius 2 is 0.885 bits per heavy atom. The molecule has 0 unspecified atom stereocenters. The van der Waals surface area contributed by atoms with Crippen LogP contribution in [-0.2, 0) is 0 Å². The highest BCUT2D eigenvalue weighted by Gasteiger charge is 2.05. The van der Waals surface area contributed by atoms with Gasteiger partial charge < -0.3 is 15.5 Å². The van der Waals surface area contributed by atoms with Crippen molar-refractivity contribution in [2.45, 2.75) is 129 Å². The second-order valence-corrected chi connectivity index (χ2v) is 7.98. The predicted molar refractivity (Wildman–Crippen MR) is 115 cm³/mol. The van der Waals surface area contributed by atoms with Crippen LogP contribution in [0, 0.1) is 0 Å². The first kappa shape index (κ1) is 25.9. The van der Waals surface area contributed by atoms with Crippen LogP contribution in [0.2, 0.25) is 0 Å². The third kappa shape index (κ3) is 20.2. The van der Waals surface area contributed by atoms with E-state index in [9.17, 15) is 0 Å². The van der Waals surface area contributed by atoms with Crippen LogP contribution in [0.25, 0.3) is 0 Å². The monoisotopic (exact) mass is 371 g/mol. The van der Waals surface area contributed by atoms with E-state index in [1.54, 1.807) is 0 Å². The average molecular weight is 372 g/mol. The molecule has 0 fully saturated rings. The van der Waals surface area contributed by atoms with Gasteiger partial charge in [-0.15, -0.1) is 0 Å². The molecule has 0 aromatic rings. The van der Waals surface area contributed by atoms with E-state index in [1.807, 2.05) is 0 Å². The van der Waals surface area contributed by atoms with Gasteiger partial charge in [-0.3, -0.25) is 0 Å². The lowest BCUT2D eigenvalue weighted by molar-refractivity contribution is 0.227. The van der Waals surface area contributed by atoms with Gasteiger partial charge in [0, 0.05) is 19.3 Å². The quantitative estimate of drug-likeness (QED) is 0.205. The van der Waals surface area contributed by atoms with Crippen LogP contribution < -0.4 is 5.32 Å². The third-order valence-electron chi connectivity index (χ3n) is 5.42. The van der Waals surface area contributed by atoms with Gasteiger partial charge in [0.15, 0.2) is 0 Å². The Morgan fingerprint density at radius 1 is 0.538 bits per heavy atom. The highest BCUT2D eigenvalue weighted by Crippen LogP contribution is 2.13. The van der Waals surface area contributed by atoms with Crippen molar-refractivity contribution in [2.24, 2.45) is 0 Å². The standard InChI is InChI=1S/C23H49NO2/c1-2-3-4-5-6-7-8-9-10-11-12-13-14-15-16-17-20-24-23(18-21-25)19-22-26/h23-26H,2-22H2,1H3. The zero-order valence-corrected chi connectivity index (χ0v) is 17.8. The molecule has 0 saturated carbocycles. The maximum atomic E-state index is 8.99. The van der Waals surface area contributed by atoms with E-state index < -0.39 is 0 Å². The SMILES string of the molecule is CCCCCCCCCCCCCCCCCCNC(CCO)CCO. The average Bonchev–Trinajstić information content (AvgIpc) is 2.64. The van der Waals surface area contributed by atoms with Gasteiger partial charge in [0.2, 0.25) is 0 Å². The number of hydrogen-bond donors (Lipinski definition) is 3. The van der Waals surface area contributed by atoms with E-state index in [0.29, 0.717) is 0 Å². The molecule has 0 radical (unpaired) electrons. The number of rotatable bonds is 22. The molecule has 0 saturated heterocycles. The topological polar surface area (TPSA) is 52.5 Å². The van der Waals surface area contributed by atoms with Gasteiger partial charge in [-0.25, -0.2) is 0 Å². The molecule has 0 aliphatic carbocycles. The largest absolute Gasteiger partial charge is 0.396 e. The fourth-order valence-corrected chi connectivity index (χ4v) is 3.64. The van der Waals surface area contributed by atoms with Crippen molar-refractivity contribution in [3.8, 4) is 0 Å². The smallest absolute Gasteiger partial charge is 0.0445 e. The second-order valence-electron chi connectivity index (χ2n) is 7.98. The summed E-state index contributed by atoms with van der Waals surface area (Å²) >= 11 is 0. The first-order valence-corrected chi connectivity index (χ1v) is 11.8. The number of hydrogen-bond acceptors (Lipinski definition) is 3. The fourth-order valence-electron chi connectivity index (χ4n) is 3.64. The van der Waals surface area contributed by atoms with Gasteiger partial charge in [-0.2, -0.15) is 0 Å². The number of nitrogens with one attached hydrogen (secondary N) is 1. The molecule has 0 spiro atoms. The van der Waals surface area contributed by atoms with Crippen molar-refractivity contribution in [3.05, 3.63) is 0 Å². The highest BCUT2D eigenvalue weighted by atomic mass is 16.3. The Labute approximate surface area is 164 Å². The molecule has 0 bridgehead atoms. The molecule has 0 aliphatic heterocycles. The molecular formula is C23H49NO2.